The van der Waals surface area contributed by atoms with Crippen molar-refractivity contribution < 1.29 is 13.2 Å². The second-order valence-corrected chi connectivity index (χ2v) is 14.7. The number of pyridine rings is 1. The van der Waals surface area contributed by atoms with Gasteiger partial charge >= 0.3 is 0 Å². The molecule has 1 amide bonds. The third kappa shape index (κ3) is 6.43. The van der Waals surface area contributed by atoms with Gasteiger partial charge in [0.2, 0.25) is 15.9 Å². The average molecular weight is 597 g/mol. The molecule has 9 nitrogen and oxygen atoms in total. The molecule has 3 aromatic rings. The molecule has 41 heavy (non-hydrogen) atoms. The van der Waals surface area contributed by atoms with Crippen LogP contribution in [0.1, 0.15) is 62.8 Å². The Morgan fingerprint density at radius 1 is 0.927 bits per heavy atom. The molecule has 1 aliphatic carbocycles. The van der Waals surface area contributed by atoms with Crippen LogP contribution in [0.4, 0.5) is 10.9 Å². The van der Waals surface area contributed by atoms with Gasteiger partial charge in [-0.15, -0.1) is 0 Å². The zero-order valence-corrected chi connectivity index (χ0v) is 25.4. The standard InChI is InChI=1S/C30H40N6O3S2/c1-34-17-19-36(20-18-34)41(38,39)24-11-9-23(10-12-24)25(21-22-7-3-4-8-22)28(37)33-30-31-26-13-14-27(32-29(26)40-30)35-15-5-2-6-16-35/h9-14,22,25H,2-8,15-21H2,1H3,(H,31,33,37)/t25-/m1/s1. The van der Waals surface area contributed by atoms with E-state index in [2.05, 4.69) is 20.1 Å². The van der Waals surface area contributed by atoms with E-state index in [4.69, 9.17) is 4.98 Å². The van der Waals surface area contributed by atoms with Crippen LogP contribution in [0.3, 0.4) is 0 Å². The first-order chi connectivity index (χ1) is 19.9. The normalized spacial score (nSPS) is 20.5. The molecular formula is C30H40N6O3S2. The van der Waals surface area contributed by atoms with E-state index in [1.165, 1.54) is 43.4 Å². The monoisotopic (exact) mass is 596 g/mol. The Hall–Kier alpha value is -2.60. The number of carbonyl (C=O) groups is 1. The van der Waals surface area contributed by atoms with Crippen LogP contribution in [-0.4, -0.2) is 79.8 Å². The summed E-state index contributed by atoms with van der Waals surface area (Å²) >= 11 is 1.41. The molecule has 3 fully saturated rings. The Kier molecular flexibility index (Phi) is 8.57. The molecule has 2 aliphatic heterocycles. The number of aromatic nitrogens is 2. The molecule has 4 heterocycles. The van der Waals surface area contributed by atoms with Crippen LogP contribution >= 0.6 is 11.3 Å². The van der Waals surface area contributed by atoms with Crippen molar-refractivity contribution in [1.82, 2.24) is 19.2 Å². The van der Waals surface area contributed by atoms with Crippen molar-refractivity contribution >= 4 is 48.6 Å². The number of sulfonamides is 1. The Morgan fingerprint density at radius 2 is 1.63 bits per heavy atom. The van der Waals surface area contributed by atoms with Gasteiger partial charge in [-0.2, -0.15) is 4.31 Å². The predicted molar refractivity (Wildman–Crippen MR) is 164 cm³/mol. The minimum atomic E-state index is -3.56. The number of benzene rings is 1. The fourth-order valence-electron chi connectivity index (χ4n) is 6.38. The number of likely N-dealkylation sites (N-methyl/N-ethyl adjacent to an activating group) is 1. The molecular weight excluding hydrogens is 557 g/mol. The lowest BCUT2D eigenvalue weighted by Crippen LogP contribution is -2.47. The van der Waals surface area contributed by atoms with Crippen LogP contribution in [0.2, 0.25) is 0 Å². The molecule has 0 radical (unpaired) electrons. The third-order valence-electron chi connectivity index (χ3n) is 8.89. The number of hydrogen-bond acceptors (Lipinski definition) is 8. The number of amides is 1. The van der Waals surface area contributed by atoms with Gasteiger partial charge in [-0.1, -0.05) is 49.2 Å². The Bertz CT molecular complexity index is 1460. The topological polar surface area (TPSA) is 98.7 Å². The van der Waals surface area contributed by atoms with Gasteiger partial charge in [-0.05, 0) is 68.5 Å². The van der Waals surface area contributed by atoms with Crippen molar-refractivity contribution in [2.45, 2.75) is 62.2 Å². The zero-order chi connectivity index (χ0) is 28.4. The summed E-state index contributed by atoms with van der Waals surface area (Å²) < 4.78 is 28.1. The highest BCUT2D eigenvalue weighted by molar-refractivity contribution is 7.89. The van der Waals surface area contributed by atoms with E-state index in [9.17, 15) is 13.2 Å². The van der Waals surface area contributed by atoms with E-state index in [0.29, 0.717) is 24.1 Å². The maximum absolute atomic E-state index is 13.7. The van der Waals surface area contributed by atoms with E-state index in [0.717, 1.165) is 67.2 Å². The first kappa shape index (κ1) is 28.5. The molecule has 0 spiro atoms. The summed E-state index contributed by atoms with van der Waals surface area (Å²) in [4.78, 5) is 28.8. The van der Waals surface area contributed by atoms with Gasteiger partial charge in [0.15, 0.2) is 5.13 Å². The first-order valence-corrected chi connectivity index (χ1v) is 17.2. The Balaban J connectivity index is 1.20. The summed E-state index contributed by atoms with van der Waals surface area (Å²) in [5.41, 5.74) is 1.63. The van der Waals surface area contributed by atoms with Crippen molar-refractivity contribution in [3.05, 3.63) is 42.0 Å². The van der Waals surface area contributed by atoms with E-state index in [1.807, 2.05) is 31.3 Å². The van der Waals surface area contributed by atoms with Gasteiger partial charge in [0.05, 0.1) is 10.8 Å². The van der Waals surface area contributed by atoms with E-state index in [-0.39, 0.29) is 16.7 Å². The zero-order valence-electron chi connectivity index (χ0n) is 23.8. The van der Waals surface area contributed by atoms with Gasteiger partial charge < -0.3 is 15.1 Å². The van der Waals surface area contributed by atoms with Crippen molar-refractivity contribution in [1.29, 1.82) is 0 Å². The molecule has 1 saturated carbocycles. The third-order valence-corrected chi connectivity index (χ3v) is 11.7. The second kappa shape index (κ2) is 12.3. The largest absolute Gasteiger partial charge is 0.357 e. The molecule has 220 valence electrons. The Morgan fingerprint density at radius 3 is 2.34 bits per heavy atom. The molecule has 2 saturated heterocycles. The summed E-state index contributed by atoms with van der Waals surface area (Å²) in [5, 5.41) is 3.64. The highest BCUT2D eigenvalue weighted by Gasteiger charge is 2.30. The number of fused-ring (bicyclic) bond motifs is 1. The molecule has 1 aromatic carbocycles. The maximum atomic E-state index is 13.7. The minimum Gasteiger partial charge on any atom is -0.357 e. The quantitative estimate of drug-likeness (QED) is 0.394. The highest BCUT2D eigenvalue weighted by atomic mass is 32.2. The second-order valence-electron chi connectivity index (χ2n) is 11.8. The molecule has 6 rings (SSSR count). The van der Waals surface area contributed by atoms with Crippen molar-refractivity contribution in [2.24, 2.45) is 5.92 Å². The number of anilines is 2. The van der Waals surface area contributed by atoms with Gasteiger partial charge in [0.25, 0.3) is 0 Å². The number of carbonyl (C=O) groups excluding carboxylic acids is 1. The summed E-state index contributed by atoms with van der Waals surface area (Å²) in [6.07, 6.45) is 9.05. The fraction of sp³-hybridized carbons (Fsp3) is 0.567. The predicted octanol–water partition coefficient (Wildman–Crippen LogP) is 4.92. The number of nitrogens with one attached hydrogen (secondary N) is 1. The highest BCUT2D eigenvalue weighted by Crippen LogP contribution is 2.36. The lowest BCUT2D eigenvalue weighted by molar-refractivity contribution is -0.118. The number of nitrogens with zero attached hydrogens (tertiary/aromatic N) is 5. The van der Waals surface area contributed by atoms with E-state index in [1.54, 1.807) is 16.4 Å². The van der Waals surface area contributed by atoms with Crippen LogP contribution in [0, 0.1) is 5.92 Å². The number of hydrogen-bond donors (Lipinski definition) is 1. The fourth-order valence-corrected chi connectivity index (χ4v) is 8.63. The van der Waals surface area contributed by atoms with Gasteiger partial charge in [-0.25, -0.2) is 18.4 Å². The van der Waals surface area contributed by atoms with Crippen molar-refractivity contribution in [3.8, 4) is 0 Å². The smallest absolute Gasteiger partial charge is 0.243 e. The number of rotatable bonds is 8. The van der Waals surface area contributed by atoms with Gasteiger partial charge in [0.1, 0.15) is 16.2 Å². The van der Waals surface area contributed by atoms with Crippen molar-refractivity contribution in [3.63, 3.8) is 0 Å². The Labute approximate surface area is 247 Å². The van der Waals surface area contributed by atoms with Gasteiger partial charge in [-0.3, -0.25) is 4.79 Å². The summed E-state index contributed by atoms with van der Waals surface area (Å²) in [5.74, 6) is 0.998. The minimum absolute atomic E-state index is 0.0955. The molecule has 11 heteroatoms. The van der Waals surface area contributed by atoms with Crippen LogP contribution in [-0.2, 0) is 14.8 Å². The van der Waals surface area contributed by atoms with Crippen LogP contribution in [0.5, 0.6) is 0 Å². The summed E-state index contributed by atoms with van der Waals surface area (Å²) in [6.45, 7) is 4.48. The number of piperazine rings is 1. The number of thiazole rings is 1. The lowest BCUT2D eigenvalue weighted by atomic mass is 9.87. The molecule has 1 N–H and O–H groups in total. The molecule has 3 aliphatic rings. The first-order valence-electron chi connectivity index (χ1n) is 15.0. The van der Waals surface area contributed by atoms with Crippen LogP contribution < -0.4 is 10.2 Å². The average Bonchev–Trinajstić information content (AvgIpc) is 3.65. The molecule has 2 aromatic heterocycles. The molecule has 0 unspecified atom stereocenters. The van der Waals surface area contributed by atoms with E-state index >= 15 is 0 Å². The van der Waals surface area contributed by atoms with Gasteiger partial charge in [0, 0.05) is 39.3 Å². The number of piperidine rings is 1. The maximum Gasteiger partial charge on any atom is 0.243 e. The summed E-state index contributed by atoms with van der Waals surface area (Å²) in [6, 6.07) is 11.0. The summed E-state index contributed by atoms with van der Waals surface area (Å²) in [7, 11) is -1.55. The van der Waals surface area contributed by atoms with Crippen LogP contribution in [0.15, 0.2) is 41.3 Å². The van der Waals surface area contributed by atoms with Crippen molar-refractivity contribution in [2.75, 3.05) is 56.5 Å². The SMILES string of the molecule is CN1CCN(S(=O)(=O)c2ccc([C@@H](CC3CCCC3)C(=O)Nc3nc4ccc(N5CCCCC5)nc4s3)cc2)CC1. The van der Waals surface area contributed by atoms with E-state index < -0.39 is 10.0 Å². The lowest BCUT2D eigenvalue weighted by Gasteiger charge is -2.31. The molecule has 1 atom stereocenters. The van der Waals surface area contributed by atoms with Crippen LogP contribution in [0.25, 0.3) is 10.3 Å². The molecule has 0 bridgehead atoms.